The summed E-state index contributed by atoms with van der Waals surface area (Å²) in [7, 11) is 1.18. The van der Waals surface area contributed by atoms with Gasteiger partial charge in [0.25, 0.3) is 0 Å². The maximum absolute atomic E-state index is 11.9. The van der Waals surface area contributed by atoms with Crippen molar-refractivity contribution in [3.63, 3.8) is 0 Å². The molecule has 7 nitrogen and oxygen atoms in total. The van der Waals surface area contributed by atoms with E-state index in [2.05, 4.69) is 22.7 Å². The van der Waals surface area contributed by atoms with Crippen LogP contribution in [0.5, 0.6) is 0 Å². The average Bonchev–Trinajstić information content (AvgIpc) is 2.77. The molecule has 2 rings (SSSR count). The first kappa shape index (κ1) is 26.8. The summed E-state index contributed by atoms with van der Waals surface area (Å²) in [6.45, 7) is 2.51. The lowest BCUT2D eigenvalue weighted by Gasteiger charge is -2.30. The number of hydrogen-bond acceptors (Lipinski definition) is 6. The first-order chi connectivity index (χ1) is 14.3. The van der Waals surface area contributed by atoms with E-state index in [0.717, 1.165) is 17.0 Å². The first-order valence-electron chi connectivity index (χ1n) is 11.3. The van der Waals surface area contributed by atoms with Crippen molar-refractivity contribution >= 4 is 30.5 Å². The van der Waals surface area contributed by atoms with Crippen LogP contribution in [-0.4, -0.2) is 65.4 Å². The molecule has 0 spiro atoms. The Labute approximate surface area is 186 Å². The number of carboxylic acids is 1. The lowest BCUT2D eigenvalue weighted by atomic mass is 9.91. The third-order valence-electron chi connectivity index (χ3n) is 5.98. The summed E-state index contributed by atoms with van der Waals surface area (Å²) in [6.07, 6.45) is 14.6. The average molecular weight is 445 g/mol. The molecule has 2 saturated carbocycles. The number of methoxy groups -OCH3 is 1. The molecule has 1 amide bonds. The first-order valence-corrected chi connectivity index (χ1v) is 11.9. The molecule has 2 aliphatic carbocycles. The zero-order valence-corrected chi connectivity index (χ0v) is 19.7. The van der Waals surface area contributed by atoms with Gasteiger partial charge in [0.05, 0.1) is 7.11 Å². The van der Waals surface area contributed by atoms with E-state index in [1.54, 1.807) is 6.92 Å². The SMILES string of the molecule is C1CCC(NC2CCCCC2)CC1.COC(=O)[C@H](C)N(CC(=O)O)C(=O)[C@H](C)CS. The number of carboxylic acid groups (broad SMARTS) is 1. The highest BCUT2D eigenvalue weighted by Gasteiger charge is 2.30. The number of nitrogens with one attached hydrogen (secondary N) is 1. The highest BCUT2D eigenvalue weighted by molar-refractivity contribution is 7.80. The molecule has 0 aromatic carbocycles. The van der Waals surface area contributed by atoms with Crippen LogP contribution in [0.2, 0.25) is 0 Å². The predicted molar refractivity (Wildman–Crippen MR) is 121 cm³/mol. The van der Waals surface area contributed by atoms with E-state index in [-0.39, 0.29) is 5.75 Å². The van der Waals surface area contributed by atoms with Gasteiger partial charge >= 0.3 is 11.9 Å². The fraction of sp³-hybridized carbons (Fsp3) is 0.864. The Kier molecular flexibility index (Phi) is 13.1. The zero-order chi connectivity index (χ0) is 22.5. The highest BCUT2D eigenvalue weighted by Crippen LogP contribution is 2.22. The van der Waals surface area contributed by atoms with Crippen LogP contribution in [0.25, 0.3) is 0 Å². The van der Waals surface area contributed by atoms with Crippen molar-refractivity contribution in [2.45, 2.75) is 96.2 Å². The Bertz CT molecular complexity index is 518. The summed E-state index contributed by atoms with van der Waals surface area (Å²) in [5.74, 6) is -2.43. The standard InChI is InChI=1S/C12H23N.C10H17NO5S/c1-3-7-11(8-4-1)13-12-9-5-2-6-10-12;1-6(5-17)9(14)11(4-8(12)13)7(2)10(15)16-3/h11-13H,1-10H2;6-7,17H,4-5H2,1-3H3,(H,12,13)/t;6-,7+/m.1/s1. The van der Waals surface area contributed by atoms with Crippen molar-refractivity contribution in [2.75, 3.05) is 19.4 Å². The largest absolute Gasteiger partial charge is 0.480 e. The summed E-state index contributed by atoms with van der Waals surface area (Å²) in [5, 5.41) is 12.6. The van der Waals surface area contributed by atoms with Crippen molar-refractivity contribution in [2.24, 2.45) is 5.92 Å². The van der Waals surface area contributed by atoms with Crippen LogP contribution in [0, 0.1) is 5.92 Å². The van der Waals surface area contributed by atoms with Crippen LogP contribution in [0.15, 0.2) is 0 Å². The molecule has 174 valence electrons. The topological polar surface area (TPSA) is 95.9 Å². The molecule has 0 radical (unpaired) electrons. The van der Waals surface area contributed by atoms with Crippen molar-refractivity contribution in [1.29, 1.82) is 0 Å². The predicted octanol–water partition coefficient (Wildman–Crippen LogP) is 3.27. The second-order valence-corrected chi connectivity index (χ2v) is 8.84. The summed E-state index contributed by atoms with van der Waals surface area (Å²) in [6, 6.07) is 0.819. The number of esters is 1. The van der Waals surface area contributed by atoms with E-state index in [1.807, 2.05) is 0 Å². The van der Waals surface area contributed by atoms with Gasteiger partial charge in [0.2, 0.25) is 5.91 Å². The van der Waals surface area contributed by atoms with Gasteiger partial charge < -0.3 is 20.1 Å². The summed E-state index contributed by atoms with van der Waals surface area (Å²) in [5.41, 5.74) is 0. The summed E-state index contributed by atoms with van der Waals surface area (Å²) in [4.78, 5) is 34.9. The summed E-state index contributed by atoms with van der Waals surface area (Å²) < 4.78 is 4.49. The van der Waals surface area contributed by atoms with Gasteiger partial charge in [-0.05, 0) is 32.6 Å². The van der Waals surface area contributed by atoms with Gasteiger partial charge in [-0.15, -0.1) is 0 Å². The number of carbonyl (C=O) groups excluding carboxylic acids is 2. The smallest absolute Gasteiger partial charge is 0.328 e. The Morgan fingerprint density at radius 3 is 1.83 bits per heavy atom. The quantitative estimate of drug-likeness (QED) is 0.393. The lowest BCUT2D eigenvalue weighted by Crippen LogP contribution is -2.48. The maximum Gasteiger partial charge on any atom is 0.328 e. The molecular formula is C22H40N2O5S. The highest BCUT2D eigenvalue weighted by atomic mass is 32.1. The normalized spacial score (nSPS) is 19.7. The molecule has 2 aliphatic rings. The molecule has 0 aromatic rings. The number of ether oxygens (including phenoxy) is 1. The van der Waals surface area contributed by atoms with E-state index >= 15 is 0 Å². The van der Waals surface area contributed by atoms with Gasteiger partial charge in [0.15, 0.2) is 0 Å². The van der Waals surface area contributed by atoms with E-state index < -0.39 is 36.4 Å². The molecule has 0 heterocycles. The van der Waals surface area contributed by atoms with Crippen LogP contribution in [0.4, 0.5) is 0 Å². The molecule has 0 aromatic heterocycles. The van der Waals surface area contributed by atoms with E-state index in [1.165, 1.54) is 78.2 Å². The maximum atomic E-state index is 11.9. The molecule has 30 heavy (non-hydrogen) atoms. The van der Waals surface area contributed by atoms with Gasteiger partial charge in [-0.25, -0.2) is 4.79 Å². The van der Waals surface area contributed by atoms with E-state index in [0.29, 0.717) is 0 Å². The number of nitrogens with zero attached hydrogens (tertiary/aromatic N) is 1. The molecule has 0 saturated heterocycles. The fourth-order valence-electron chi connectivity index (χ4n) is 4.08. The lowest BCUT2D eigenvalue weighted by molar-refractivity contribution is -0.156. The van der Waals surface area contributed by atoms with E-state index in [4.69, 9.17) is 5.11 Å². The Morgan fingerprint density at radius 1 is 1.00 bits per heavy atom. The van der Waals surface area contributed by atoms with E-state index in [9.17, 15) is 14.4 Å². The van der Waals surface area contributed by atoms with Gasteiger partial charge in [-0.3, -0.25) is 9.59 Å². The second kappa shape index (κ2) is 14.7. The molecule has 8 heteroatoms. The Hall–Kier alpha value is -1.28. The molecule has 2 N–H and O–H groups in total. The Morgan fingerprint density at radius 2 is 1.47 bits per heavy atom. The van der Waals surface area contributed by atoms with Crippen LogP contribution in [0.1, 0.15) is 78.1 Å². The van der Waals surface area contributed by atoms with Gasteiger partial charge in [0, 0.05) is 23.8 Å². The number of aliphatic carboxylic acids is 1. The summed E-state index contributed by atoms with van der Waals surface area (Å²) >= 11 is 3.97. The van der Waals surface area contributed by atoms with Crippen LogP contribution in [-0.2, 0) is 19.1 Å². The minimum absolute atomic E-state index is 0.281. The van der Waals surface area contributed by atoms with Gasteiger partial charge in [-0.1, -0.05) is 45.4 Å². The zero-order valence-electron chi connectivity index (χ0n) is 18.8. The third-order valence-corrected chi connectivity index (χ3v) is 6.52. The van der Waals surface area contributed by atoms with Gasteiger partial charge in [0.1, 0.15) is 12.6 Å². The Balaban J connectivity index is 0.000000308. The van der Waals surface area contributed by atoms with Crippen molar-refractivity contribution in [3.05, 3.63) is 0 Å². The second-order valence-electron chi connectivity index (χ2n) is 8.48. The van der Waals surface area contributed by atoms with Crippen LogP contribution < -0.4 is 5.32 Å². The number of carbonyl (C=O) groups is 3. The molecular weight excluding hydrogens is 404 g/mol. The molecule has 2 atom stereocenters. The minimum Gasteiger partial charge on any atom is -0.480 e. The molecule has 0 bridgehead atoms. The van der Waals surface area contributed by atoms with Crippen molar-refractivity contribution in [1.82, 2.24) is 10.2 Å². The van der Waals surface area contributed by atoms with Crippen LogP contribution >= 0.6 is 12.6 Å². The third kappa shape index (κ3) is 9.69. The van der Waals surface area contributed by atoms with Crippen LogP contribution in [0.3, 0.4) is 0 Å². The number of hydrogen-bond donors (Lipinski definition) is 3. The fourth-order valence-corrected chi connectivity index (χ4v) is 4.24. The molecule has 0 unspecified atom stereocenters. The number of thiol groups is 1. The number of amides is 1. The molecule has 0 aliphatic heterocycles. The van der Waals surface area contributed by atoms with Gasteiger partial charge in [-0.2, -0.15) is 12.6 Å². The molecule has 2 fully saturated rings. The van der Waals surface area contributed by atoms with Crippen molar-refractivity contribution in [3.8, 4) is 0 Å². The minimum atomic E-state index is -1.18. The van der Waals surface area contributed by atoms with Crippen molar-refractivity contribution < 1.29 is 24.2 Å². The monoisotopic (exact) mass is 444 g/mol. The number of rotatable bonds is 8.